The van der Waals surface area contributed by atoms with Crippen molar-refractivity contribution in [1.29, 1.82) is 0 Å². The average Bonchev–Trinajstić information content (AvgIpc) is 2.95. The molecule has 0 aromatic rings. The third-order valence-corrected chi connectivity index (χ3v) is 7.54. The van der Waals surface area contributed by atoms with E-state index in [0.29, 0.717) is 30.9 Å². The number of likely N-dealkylation sites (tertiary alicyclic amines) is 1. The summed E-state index contributed by atoms with van der Waals surface area (Å²) in [5, 5.41) is 8.00. The number of nitrogens with two attached hydrogens (primary N) is 1. The Morgan fingerprint density at radius 2 is 2.00 bits per heavy atom. The number of hydrogen-bond acceptors (Lipinski definition) is 6. The smallest absolute Gasteiger partial charge is 0.231 e. The van der Waals surface area contributed by atoms with E-state index in [1.165, 1.54) is 5.57 Å². The molecule has 1 aliphatic heterocycles. The molecule has 216 valence electrons. The molecule has 0 unspecified atom stereocenters. The van der Waals surface area contributed by atoms with Crippen LogP contribution in [0.15, 0.2) is 102 Å². The van der Waals surface area contributed by atoms with Gasteiger partial charge in [-0.25, -0.2) is 0 Å². The van der Waals surface area contributed by atoms with Gasteiger partial charge in [-0.05, 0) is 87.3 Å². The fourth-order valence-electron chi connectivity index (χ4n) is 5.13. The number of nitrogens with zero attached hydrogens (tertiary/aromatic N) is 2. The normalized spacial score (nSPS) is 23.4. The van der Waals surface area contributed by atoms with Crippen molar-refractivity contribution in [3.8, 4) is 0 Å². The van der Waals surface area contributed by atoms with Crippen molar-refractivity contribution in [2.45, 2.75) is 52.0 Å². The number of hydrogen-bond donors (Lipinski definition) is 3. The molecule has 7 nitrogen and oxygen atoms in total. The number of hydrazone groups is 1. The number of rotatable bonds is 15. The molecule has 3 atom stereocenters. The molecule has 0 spiro atoms. The van der Waals surface area contributed by atoms with Gasteiger partial charge in [0, 0.05) is 24.4 Å². The van der Waals surface area contributed by atoms with Crippen LogP contribution >= 0.6 is 0 Å². The average molecular weight is 546 g/mol. The molecule has 2 aliphatic carbocycles. The summed E-state index contributed by atoms with van der Waals surface area (Å²) < 4.78 is 6.07. The summed E-state index contributed by atoms with van der Waals surface area (Å²) in [4.78, 5) is 13.2. The van der Waals surface area contributed by atoms with Crippen LogP contribution in [0.4, 0.5) is 0 Å². The zero-order valence-corrected chi connectivity index (χ0v) is 24.2. The molecule has 1 saturated heterocycles. The van der Waals surface area contributed by atoms with Crippen LogP contribution in [0.3, 0.4) is 0 Å². The van der Waals surface area contributed by atoms with Gasteiger partial charge in [-0.1, -0.05) is 62.6 Å². The van der Waals surface area contributed by atoms with Gasteiger partial charge in [-0.15, -0.1) is 0 Å². The first-order valence-electron chi connectivity index (χ1n) is 14.5. The van der Waals surface area contributed by atoms with E-state index in [1.54, 1.807) is 12.3 Å². The molecule has 0 bridgehead atoms. The van der Waals surface area contributed by atoms with Crippen molar-refractivity contribution in [1.82, 2.24) is 15.6 Å². The minimum atomic E-state index is -0.265. The molecule has 0 aromatic carbocycles. The van der Waals surface area contributed by atoms with E-state index in [2.05, 4.69) is 96.4 Å². The summed E-state index contributed by atoms with van der Waals surface area (Å²) in [6.07, 6.45) is 27.9. The van der Waals surface area contributed by atoms with Crippen LogP contribution in [0.25, 0.3) is 0 Å². The monoisotopic (exact) mass is 545 g/mol. The molecule has 7 heteroatoms. The van der Waals surface area contributed by atoms with E-state index in [4.69, 9.17) is 10.5 Å². The van der Waals surface area contributed by atoms with Crippen LogP contribution < -0.4 is 16.5 Å². The second-order valence-electron chi connectivity index (χ2n) is 10.9. The first-order chi connectivity index (χ1) is 19.4. The van der Waals surface area contributed by atoms with E-state index < -0.39 is 0 Å². The Bertz CT molecular complexity index is 1090. The Morgan fingerprint density at radius 3 is 2.70 bits per heavy atom. The molecule has 1 amide bonds. The second-order valence-corrected chi connectivity index (χ2v) is 10.9. The third-order valence-electron chi connectivity index (χ3n) is 7.54. The van der Waals surface area contributed by atoms with Crippen LogP contribution in [0.2, 0.25) is 0 Å². The number of piperidine rings is 1. The first-order valence-corrected chi connectivity index (χ1v) is 14.5. The molecule has 1 fully saturated rings. The van der Waals surface area contributed by atoms with Gasteiger partial charge in [0.15, 0.2) is 0 Å². The lowest BCUT2D eigenvalue weighted by Gasteiger charge is -2.31. The van der Waals surface area contributed by atoms with E-state index in [1.807, 2.05) is 6.20 Å². The maximum atomic E-state index is 11.1. The molecule has 0 aromatic heterocycles. The number of ether oxygens (including phenoxy) is 1. The number of carbonyl (C=O) groups excluding carboxylic acids is 1. The van der Waals surface area contributed by atoms with E-state index >= 15 is 0 Å². The highest BCUT2D eigenvalue weighted by atomic mass is 16.5. The number of amides is 1. The van der Waals surface area contributed by atoms with Crippen LogP contribution in [0, 0.1) is 17.8 Å². The maximum absolute atomic E-state index is 11.1. The second kappa shape index (κ2) is 16.5. The molecule has 40 heavy (non-hydrogen) atoms. The van der Waals surface area contributed by atoms with E-state index in [9.17, 15) is 4.79 Å². The van der Waals surface area contributed by atoms with Gasteiger partial charge in [-0.2, -0.15) is 5.10 Å². The van der Waals surface area contributed by atoms with Gasteiger partial charge in [0.05, 0.1) is 18.9 Å². The summed E-state index contributed by atoms with van der Waals surface area (Å²) in [6.45, 7) is 14.8. The van der Waals surface area contributed by atoms with Gasteiger partial charge in [0.25, 0.3) is 0 Å². The molecule has 3 rings (SSSR count). The van der Waals surface area contributed by atoms with Crippen molar-refractivity contribution in [3.05, 3.63) is 97.1 Å². The quantitative estimate of drug-likeness (QED) is 0.113. The largest absolute Gasteiger partial charge is 0.492 e. The Hall–Kier alpha value is -3.58. The van der Waals surface area contributed by atoms with Crippen molar-refractivity contribution in [2.24, 2.45) is 28.6 Å². The van der Waals surface area contributed by atoms with Crippen LogP contribution in [-0.2, 0) is 9.53 Å². The topological polar surface area (TPSA) is 92.0 Å². The van der Waals surface area contributed by atoms with E-state index in [-0.39, 0.29) is 11.9 Å². The Balaban J connectivity index is 1.49. The molecular formula is C33H47N5O2. The zero-order chi connectivity index (χ0) is 28.7. The first kappa shape index (κ1) is 31.0. The molecular weight excluding hydrogens is 498 g/mol. The summed E-state index contributed by atoms with van der Waals surface area (Å²) in [6, 6.07) is 0.243. The fourth-order valence-corrected chi connectivity index (χ4v) is 5.13. The number of nitrogens with one attached hydrogen (secondary N) is 2. The van der Waals surface area contributed by atoms with Crippen LogP contribution in [0.5, 0.6) is 0 Å². The van der Waals surface area contributed by atoms with Crippen LogP contribution in [-0.4, -0.2) is 48.8 Å². The lowest BCUT2D eigenvalue weighted by Crippen LogP contribution is -2.40. The Kier molecular flexibility index (Phi) is 12.8. The number of allylic oxidation sites excluding steroid dienone is 10. The lowest BCUT2D eigenvalue weighted by molar-refractivity contribution is -0.119. The molecule has 0 radical (unpaired) electrons. The van der Waals surface area contributed by atoms with Crippen molar-refractivity contribution >= 4 is 11.6 Å². The fraction of sp³-hybridized carbons (Fsp3) is 0.455. The van der Waals surface area contributed by atoms with Crippen molar-refractivity contribution in [3.63, 3.8) is 0 Å². The summed E-state index contributed by atoms with van der Waals surface area (Å²) in [7, 11) is 0. The number of carbonyl (C=O) groups is 1. The molecule has 1 heterocycles. The van der Waals surface area contributed by atoms with Crippen molar-refractivity contribution in [2.75, 3.05) is 26.2 Å². The standard InChI is InChI=1S/C33H47N5O2/c1-5-31(40-24-28-16-18-38(19-17-28)23-33(34)39)22-35-26(4)29-13-8-11-27(21-29)12-9-15-32(37-36-6-2)30-14-7-10-25(3)20-30/h5-9,11,14-15,20-22,25-26,28-29,35-36H,1-2,10,12-13,16-19,23-24H2,3-4H3,(H2,34,39)/b15-9-,31-22+,37-32?/t25-,26-,29-/m1/s1. The molecule has 0 saturated carbocycles. The summed E-state index contributed by atoms with van der Waals surface area (Å²) in [5.74, 6) is 1.85. The predicted molar refractivity (Wildman–Crippen MR) is 166 cm³/mol. The van der Waals surface area contributed by atoms with Gasteiger partial charge in [0.2, 0.25) is 5.91 Å². The minimum absolute atomic E-state index is 0.243. The van der Waals surface area contributed by atoms with Gasteiger partial charge >= 0.3 is 0 Å². The third kappa shape index (κ3) is 10.5. The predicted octanol–water partition coefficient (Wildman–Crippen LogP) is 5.27. The summed E-state index contributed by atoms with van der Waals surface area (Å²) in [5.41, 5.74) is 11.5. The van der Waals surface area contributed by atoms with Crippen LogP contribution in [0.1, 0.15) is 46.0 Å². The zero-order valence-electron chi connectivity index (χ0n) is 24.2. The highest BCUT2D eigenvalue weighted by molar-refractivity contribution is 6.10. The Labute approximate surface area is 240 Å². The van der Waals surface area contributed by atoms with E-state index in [0.717, 1.165) is 62.2 Å². The number of primary amides is 1. The van der Waals surface area contributed by atoms with Crippen molar-refractivity contribution < 1.29 is 9.53 Å². The lowest BCUT2D eigenvalue weighted by atomic mass is 9.89. The maximum Gasteiger partial charge on any atom is 0.231 e. The van der Waals surface area contributed by atoms with Gasteiger partial charge in [-0.3, -0.25) is 15.1 Å². The molecule has 4 N–H and O–H groups in total. The minimum Gasteiger partial charge on any atom is -0.492 e. The highest BCUT2D eigenvalue weighted by Crippen LogP contribution is 2.23. The summed E-state index contributed by atoms with van der Waals surface area (Å²) >= 11 is 0. The SMILES string of the molecule is C=CNN=C(/C=C\CC1=C[C@H]([C@@H](C)N/C=C(\C=C)OCC2CCN(CC(N)=O)CC2)CC=C1)C1=C[C@H](C)CC=C1. The molecule has 3 aliphatic rings. The highest BCUT2D eigenvalue weighted by Gasteiger charge is 2.21. The van der Waals surface area contributed by atoms with Gasteiger partial charge in [0.1, 0.15) is 5.76 Å². The van der Waals surface area contributed by atoms with Gasteiger partial charge < -0.3 is 15.8 Å². The Morgan fingerprint density at radius 1 is 1.23 bits per heavy atom.